The lowest BCUT2D eigenvalue weighted by Crippen LogP contribution is -2.08. The molecule has 0 aromatic rings. The third-order valence-corrected chi connectivity index (χ3v) is 1.24. The summed E-state index contributed by atoms with van der Waals surface area (Å²) in [6, 6.07) is 1.30. The van der Waals surface area contributed by atoms with Crippen LogP contribution in [0.2, 0.25) is 0 Å². The van der Waals surface area contributed by atoms with Crippen LogP contribution in [-0.2, 0) is 0 Å². The minimum absolute atomic E-state index is 0.519. The van der Waals surface area contributed by atoms with Crippen LogP contribution in [0.15, 0.2) is 10.6 Å². The molecule has 1 nitrogen and oxygen atoms in total. The van der Waals surface area contributed by atoms with Gasteiger partial charge < -0.3 is 0 Å². The number of hydrogen-bond acceptors (Lipinski definition) is 1. The first-order valence-electron chi connectivity index (χ1n) is 2.23. The average molecular weight is 170 g/mol. The maximum Gasteiger partial charge on any atom is 0.427 e. The highest BCUT2D eigenvalue weighted by Gasteiger charge is 2.34. The van der Waals surface area contributed by atoms with Gasteiger partial charge in [-0.05, 0) is 6.92 Å². The number of alkyl halides is 3. The molecule has 0 bridgehead atoms. The smallest absolute Gasteiger partial charge is 0.193 e. The van der Waals surface area contributed by atoms with Gasteiger partial charge in [0.25, 0.3) is 0 Å². The lowest BCUT2D eigenvalue weighted by Gasteiger charge is -2.03. The molecule has 0 rings (SSSR count). The lowest BCUT2D eigenvalue weighted by atomic mass is 10.3. The Hall–Kier alpha value is -0.690. The Morgan fingerprint density at radius 3 is 2.00 bits per heavy atom. The van der Waals surface area contributed by atoms with Crippen molar-refractivity contribution in [2.45, 2.75) is 13.1 Å². The van der Waals surface area contributed by atoms with Crippen molar-refractivity contribution >= 4 is 11.6 Å². The molecule has 0 amide bonds. The van der Waals surface area contributed by atoms with E-state index in [4.69, 9.17) is 16.9 Å². The van der Waals surface area contributed by atoms with Gasteiger partial charge in [0.05, 0.1) is 11.6 Å². The minimum atomic E-state index is -4.60. The van der Waals surface area contributed by atoms with E-state index in [9.17, 15) is 13.2 Å². The predicted octanol–water partition coefficient (Wildman–Crippen LogP) is 2.59. The summed E-state index contributed by atoms with van der Waals surface area (Å²) in [6.07, 6.45) is -4.60. The topological polar surface area (TPSA) is 23.8 Å². The van der Waals surface area contributed by atoms with Gasteiger partial charge in [-0.3, -0.25) is 0 Å². The van der Waals surface area contributed by atoms with Crippen molar-refractivity contribution < 1.29 is 13.2 Å². The molecule has 0 heterocycles. The van der Waals surface area contributed by atoms with Crippen molar-refractivity contribution in [3.05, 3.63) is 10.6 Å². The van der Waals surface area contributed by atoms with E-state index in [1.165, 1.54) is 6.07 Å². The van der Waals surface area contributed by atoms with Gasteiger partial charge in [0.15, 0.2) is 0 Å². The van der Waals surface area contributed by atoms with Gasteiger partial charge in [-0.15, -0.1) is 0 Å². The van der Waals surface area contributed by atoms with E-state index >= 15 is 0 Å². The van der Waals surface area contributed by atoms with Crippen LogP contribution in [0.25, 0.3) is 0 Å². The van der Waals surface area contributed by atoms with Gasteiger partial charge in [-0.1, -0.05) is 11.6 Å². The molecular weight excluding hydrogens is 167 g/mol. The quantitative estimate of drug-likeness (QED) is 0.512. The number of nitrogens with zero attached hydrogens (tertiary/aromatic N) is 1. The summed E-state index contributed by atoms with van der Waals surface area (Å²) in [7, 11) is 0. The molecule has 0 radical (unpaired) electrons. The molecule has 0 fully saturated rings. The Kier molecular flexibility index (Phi) is 2.73. The molecule has 56 valence electrons. The Morgan fingerprint density at radius 1 is 1.50 bits per heavy atom. The molecule has 0 saturated heterocycles. The maximum absolute atomic E-state index is 11.5. The molecule has 0 saturated carbocycles. The van der Waals surface area contributed by atoms with Crippen molar-refractivity contribution in [2.24, 2.45) is 0 Å². The molecule has 0 aromatic heterocycles. The Morgan fingerprint density at radius 2 is 1.90 bits per heavy atom. The van der Waals surface area contributed by atoms with Crippen LogP contribution in [0.3, 0.4) is 0 Å². The summed E-state index contributed by atoms with van der Waals surface area (Å²) in [4.78, 5) is 0. The second-order valence-corrected chi connectivity index (χ2v) is 1.93. The first kappa shape index (κ1) is 9.31. The van der Waals surface area contributed by atoms with Crippen molar-refractivity contribution in [1.82, 2.24) is 0 Å². The van der Waals surface area contributed by atoms with Gasteiger partial charge in [-0.2, -0.15) is 18.4 Å². The normalized spacial score (nSPS) is 14.0. The van der Waals surface area contributed by atoms with E-state index in [2.05, 4.69) is 0 Å². The van der Waals surface area contributed by atoms with Crippen LogP contribution in [0.1, 0.15) is 6.92 Å². The fraction of sp³-hybridized carbons (Fsp3) is 0.400. The van der Waals surface area contributed by atoms with E-state index < -0.39 is 16.8 Å². The van der Waals surface area contributed by atoms with Gasteiger partial charge >= 0.3 is 6.18 Å². The monoisotopic (exact) mass is 169 g/mol. The van der Waals surface area contributed by atoms with Crippen molar-refractivity contribution in [1.29, 1.82) is 5.26 Å². The zero-order valence-corrected chi connectivity index (χ0v) is 5.72. The fourth-order valence-electron chi connectivity index (χ4n) is 0.262. The molecule has 0 spiro atoms. The second kappa shape index (κ2) is 2.93. The summed E-state index contributed by atoms with van der Waals surface area (Å²) in [6.45, 7) is 1.01. The SMILES string of the molecule is CC(C#N)=C(Cl)C(F)(F)F. The molecule has 0 aliphatic rings. The van der Waals surface area contributed by atoms with E-state index in [1.54, 1.807) is 0 Å². The van der Waals surface area contributed by atoms with Crippen LogP contribution in [-0.4, -0.2) is 6.18 Å². The Balaban J connectivity index is 4.69. The Bertz CT molecular complexity index is 198. The average Bonchev–Trinajstić information content (AvgIpc) is 1.83. The van der Waals surface area contributed by atoms with Crippen molar-refractivity contribution in [3.63, 3.8) is 0 Å². The van der Waals surface area contributed by atoms with Gasteiger partial charge in [0.1, 0.15) is 5.03 Å². The number of nitriles is 1. The maximum atomic E-state index is 11.5. The highest BCUT2D eigenvalue weighted by atomic mass is 35.5. The molecule has 0 atom stereocenters. The van der Waals surface area contributed by atoms with Crippen LogP contribution < -0.4 is 0 Å². The molecule has 0 aliphatic carbocycles. The van der Waals surface area contributed by atoms with Crippen LogP contribution in [0.4, 0.5) is 13.2 Å². The first-order chi connectivity index (χ1) is 4.39. The first-order valence-corrected chi connectivity index (χ1v) is 2.61. The van der Waals surface area contributed by atoms with Crippen LogP contribution in [0, 0.1) is 11.3 Å². The highest BCUT2D eigenvalue weighted by molar-refractivity contribution is 6.30. The van der Waals surface area contributed by atoms with E-state index in [1.807, 2.05) is 0 Å². The summed E-state index contributed by atoms with van der Waals surface area (Å²) in [5.74, 6) is 0. The fourth-order valence-corrected chi connectivity index (χ4v) is 0.304. The number of hydrogen-bond donors (Lipinski definition) is 0. The predicted molar refractivity (Wildman–Crippen MR) is 30.2 cm³/mol. The summed E-state index contributed by atoms with van der Waals surface area (Å²) < 4.78 is 34.6. The second-order valence-electron chi connectivity index (χ2n) is 1.55. The number of halogens is 4. The molecule has 5 heteroatoms. The summed E-state index contributed by atoms with van der Waals surface area (Å²) in [5, 5.41) is 6.62. The van der Waals surface area contributed by atoms with E-state index in [0.29, 0.717) is 0 Å². The molecule has 0 aliphatic heterocycles. The van der Waals surface area contributed by atoms with E-state index in [0.717, 1.165) is 6.92 Å². The third kappa shape index (κ3) is 2.28. The van der Waals surface area contributed by atoms with Crippen LogP contribution in [0.5, 0.6) is 0 Å². The highest BCUT2D eigenvalue weighted by Crippen LogP contribution is 2.30. The number of rotatable bonds is 0. The van der Waals surface area contributed by atoms with Gasteiger partial charge in [0.2, 0.25) is 0 Å². The van der Waals surface area contributed by atoms with E-state index in [-0.39, 0.29) is 0 Å². The molecule has 10 heavy (non-hydrogen) atoms. The van der Waals surface area contributed by atoms with Crippen molar-refractivity contribution in [2.75, 3.05) is 0 Å². The zero-order chi connectivity index (χ0) is 8.36. The zero-order valence-electron chi connectivity index (χ0n) is 4.96. The van der Waals surface area contributed by atoms with Crippen LogP contribution >= 0.6 is 11.6 Å². The lowest BCUT2D eigenvalue weighted by molar-refractivity contribution is -0.0850. The van der Waals surface area contributed by atoms with Crippen molar-refractivity contribution in [3.8, 4) is 6.07 Å². The van der Waals surface area contributed by atoms with Gasteiger partial charge in [0, 0.05) is 0 Å². The third-order valence-electron chi connectivity index (χ3n) is 0.746. The molecule has 0 unspecified atom stereocenters. The molecule has 0 N–H and O–H groups in total. The van der Waals surface area contributed by atoms with Gasteiger partial charge in [-0.25, -0.2) is 0 Å². The largest absolute Gasteiger partial charge is 0.427 e. The molecular formula is C5H3ClF3N. The minimum Gasteiger partial charge on any atom is -0.193 e. The summed E-state index contributed by atoms with van der Waals surface area (Å²) >= 11 is 4.74. The Labute approximate surface area is 60.7 Å². The standard InChI is InChI=1S/C5H3ClF3N/c1-3(2-10)4(6)5(7,8)9/h1H3. The number of allylic oxidation sites excluding steroid dienone is 2. The summed E-state index contributed by atoms with van der Waals surface area (Å²) in [5.41, 5.74) is -0.519. The molecule has 0 aromatic carbocycles.